The molecule has 2 saturated heterocycles. The van der Waals surface area contributed by atoms with Crippen LogP contribution in [-0.4, -0.2) is 65.1 Å². The van der Waals surface area contributed by atoms with Crippen molar-refractivity contribution in [2.24, 2.45) is 5.41 Å². The number of piperidine rings is 1. The van der Waals surface area contributed by atoms with Crippen LogP contribution >= 0.6 is 0 Å². The number of H-pyrrole nitrogens is 1. The number of benzene rings is 2. The Bertz CT molecular complexity index is 1560. The molecule has 190 valence electrons. The minimum atomic E-state index is -0.255. The fourth-order valence-corrected chi connectivity index (χ4v) is 5.76. The van der Waals surface area contributed by atoms with Gasteiger partial charge in [0.25, 0.3) is 11.5 Å². The lowest BCUT2D eigenvalue weighted by atomic mass is 9.77. The Balaban J connectivity index is 1.10. The molecule has 1 N–H and O–H groups in total. The van der Waals surface area contributed by atoms with Crippen molar-refractivity contribution in [1.82, 2.24) is 20.0 Å². The average molecular weight is 501 g/mol. The minimum Gasteiger partial charge on any atom is -0.493 e. The topological polar surface area (TPSA) is 109 Å². The van der Waals surface area contributed by atoms with Gasteiger partial charge in [-0.2, -0.15) is 5.10 Å². The molecule has 2 aromatic heterocycles. The van der Waals surface area contributed by atoms with E-state index in [9.17, 15) is 14.4 Å². The number of hydrogen-bond acceptors (Lipinski definition) is 6. The Morgan fingerprint density at radius 2 is 1.76 bits per heavy atom. The Hall–Kier alpha value is -4.14. The molecule has 0 saturated carbocycles. The second-order valence-electron chi connectivity index (χ2n) is 10.1. The lowest BCUT2D eigenvalue weighted by molar-refractivity contribution is -0.130. The third kappa shape index (κ3) is 4.14. The van der Waals surface area contributed by atoms with E-state index in [1.165, 1.54) is 0 Å². The van der Waals surface area contributed by atoms with Crippen LogP contribution in [0.2, 0.25) is 0 Å². The monoisotopic (exact) mass is 500 g/mol. The number of likely N-dealkylation sites (tertiary alicyclic amines) is 2. The standard InChI is InChI=1S/C28H28N4O5/c1-36-22-8-4-5-18-15-23(37-25(18)22)27(35)31-12-9-28(10-13-31)11-14-32(17-28)24(33)16-21-19-6-2-3-7-20(19)26(34)30-29-21/h2-8,15H,9-14,16-17H2,1H3,(H,30,34). The maximum Gasteiger partial charge on any atom is 0.289 e. The Labute approximate surface area is 213 Å². The molecule has 2 aliphatic rings. The van der Waals surface area contributed by atoms with Gasteiger partial charge in [0.2, 0.25) is 5.91 Å². The molecule has 6 rings (SSSR count). The first-order valence-corrected chi connectivity index (χ1v) is 12.6. The lowest BCUT2D eigenvalue weighted by Crippen LogP contribution is -2.44. The Morgan fingerprint density at radius 1 is 1.03 bits per heavy atom. The Morgan fingerprint density at radius 3 is 2.51 bits per heavy atom. The van der Waals surface area contributed by atoms with Crippen LogP contribution in [0, 0.1) is 5.41 Å². The van der Waals surface area contributed by atoms with Gasteiger partial charge in [0, 0.05) is 37.0 Å². The van der Waals surface area contributed by atoms with Crippen LogP contribution < -0.4 is 10.3 Å². The van der Waals surface area contributed by atoms with Crippen molar-refractivity contribution in [2.75, 3.05) is 33.3 Å². The van der Waals surface area contributed by atoms with Crippen molar-refractivity contribution in [1.29, 1.82) is 0 Å². The second-order valence-corrected chi connectivity index (χ2v) is 10.1. The van der Waals surface area contributed by atoms with Gasteiger partial charge in [-0.15, -0.1) is 0 Å². The van der Waals surface area contributed by atoms with Crippen molar-refractivity contribution < 1.29 is 18.7 Å². The number of amides is 2. The normalized spacial score (nSPS) is 17.1. The van der Waals surface area contributed by atoms with Gasteiger partial charge in [-0.1, -0.05) is 30.3 Å². The molecule has 2 aromatic carbocycles. The van der Waals surface area contributed by atoms with Crippen LogP contribution in [0.3, 0.4) is 0 Å². The lowest BCUT2D eigenvalue weighted by Gasteiger charge is -2.39. The zero-order valence-electron chi connectivity index (χ0n) is 20.7. The van der Waals surface area contributed by atoms with Gasteiger partial charge in [-0.25, -0.2) is 5.10 Å². The highest BCUT2D eigenvalue weighted by Gasteiger charge is 2.43. The second kappa shape index (κ2) is 9.06. The van der Waals surface area contributed by atoms with Crippen LogP contribution in [0.4, 0.5) is 0 Å². The number of aromatic nitrogens is 2. The van der Waals surface area contributed by atoms with E-state index in [1.54, 1.807) is 25.3 Å². The van der Waals surface area contributed by atoms with Crippen LogP contribution in [0.25, 0.3) is 21.7 Å². The Kier molecular flexibility index (Phi) is 5.70. The van der Waals surface area contributed by atoms with Crippen molar-refractivity contribution in [3.05, 3.63) is 70.3 Å². The average Bonchev–Trinajstić information content (AvgIpc) is 3.55. The highest BCUT2D eigenvalue weighted by molar-refractivity contribution is 5.97. The molecular formula is C28H28N4O5. The van der Waals surface area contributed by atoms with Crippen molar-refractivity contribution >= 4 is 33.6 Å². The first-order chi connectivity index (χ1) is 18.0. The molecule has 0 atom stereocenters. The number of nitrogens with zero attached hydrogens (tertiary/aromatic N) is 3. The summed E-state index contributed by atoms with van der Waals surface area (Å²) in [5, 5.41) is 8.76. The number of nitrogens with one attached hydrogen (secondary N) is 1. The van der Waals surface area contributed by atoms with Crippen LogP contribution in [0.1, 0.15) is 35.5 Å². The van der Waals surface area contributed by atoms with Crippen molar-refractivity contribution in [3.8, 4) is 5.75 Å². The van der Waals surface area contributed by atoms with E-state index < -0.39 is 0 Å². The molecule has 37 heavy (non-hydrogen) atoms. The maximum atomic E-state index is 13.2. The maximum absolute atomic E-state index is 13.2. The van der Waals surface area contributed by atoms with E-state index in [2.05, 4.69) is 10.2 Å². The van der Waals surface area contributed by atoms with Gasteiger partial charge < -0.3 is 19.0 Å². The molecule has 4 aromatic rings. The molecule has 9 heteroatoms. The molecule has 1 spiro atoms. The van der Waals surface area contributed by atoms with Crippen LogP contribution in [-0.2, 0) is 11.2 Å². The zero-order valence-corrected chi connectivity index (χ0v) is 20.7. The van der Waals surface area contributed by atoms with Gasteiger partial charge in [-0.05, 0) is 42.9 Å². The fraction of sp³-hybridized carbons (Fsp3) is 0.357. The van der Waals surface area contributed by atoms with E-state index in [0.717, 1.165) is 24.6 Å². The summed E-state index contributed by atoms with van der Waals surface area (Å²) in [6.07, 6.45) is 2.74. The van der Waals surface area contributed by atoms with E-state index in [1.807, 2.05) is 40.1 Å². The SMILES string of the molecule is COc1cccc2cc(C(=O)N3CCC4(CCN(C(=O)Cc5n[nH]c(=O)c6ccccc56)C4)CC3)oc12. The largest absolute Gasteiger partial charge is 0.493 e. The summed E-state index contributed by atoms with van der Waals surface area (Å²) in [5.74, 6) is 0.820. The number of fused-ring (bicyclic) bond motifs is 2. The molecule has 0 unspecified atom stereocenters. The van der Waals surface area contributed by atoms with E-state index in [4.69, 9.17) is 9.15 Å². The summed E-state index contributed by atoms with van der Waals surface area (Å²) in [6, 6.07) is 14.6. The summed E-state index contributed by atoms with van der Waals surface area (Å²) in [7, 11) is 1.58. The number of furan rings is 1. The van der Waals surface area contributed by atoms with E-state index in [0.29, 0.717) is 59.7 Å². The molecule has 2 fully saturated rings. The number of carbonyl (C=O) groups is 2. The van der Waals surface area contributed by atoms with Crippen LogP contribution in [0.15, 0.2) is 57.7 Å². The molecule has 0 radical (unpaired) electrons. The zero-order chi connectivity index (χ0) is 25.6. The molecule has 2 amide bonds. The first-order valence-electron chi connectivity index (χ1n) is 12.6. The fourth-order valence-electron chi connectivity index (χ4n) is 5.76. The smallest absolute Gasteiger partial charge is 0.289 e. The van der Waals surface area contributed by atoms with Gasteiger partial charge in [0.1, 0.15) is 0 Å². The summed E-state index contributed by atoms with van der Waals surface area (Å²) in [5.41, 5.74) is 0.930. The molecule has 4 heterocycles. The molecule has 0 bridgehead atoms. The third-order valence-electron chi connectivity index (χ3n) is 7.93. The predicted octanol–water partition coefficient (Wildman–Crippen LogP) is 3.38. The summed E-state index contributed by atoms with van der Waals surface area (Å²) in [4.78, 5) is 42.2. The number of carbonyl (C=O) groups excluding carboxylic acids is 2. The number of aromatic amines is 1. The van der Waals surface area contributed by atoms with E-state index >= 15 is 0 Å². The highest BCUT2D eigenvalue weighted by Crippen LogP contribution is 2.41. The molecular weight excluding hydrogens is 472 g/mol. The van der Waals surface area contributed by atoms with Gasteiger partial charge in [0.15, 0.2) is 17.1 Å². The molecule has 2 aliphatic heterocycles. The predicted molar refractivity (Wildman–Crippen MR) is 138 cm³/mol. The highest BCUT2D eigenvalue weighted by atomic mass is 16.5. The number of ether oxygens (including phenoxy) is 1. The number of methoxy groups -OCH3 is 1. The summed E-state index contributed by atoms with van der Waals surface area (Å²) < 4.78 is 11.2. The summed E-state index contributed by atoms with van der Waals surface area (Å²) in [6.45, 7) is 2.62. The van der Waals surface area contributed by atoms with Gasteiger partial charge in [0.05, 0.1) is 24.6 Å². The molecule has 0 aliphatic carbocycles. The van der Waals surface area contributed by atoms with Crippen molar-refractivity contribution in [2.45, 2.75) is 25.7 Å². The number of para-hydroxylation sites is 1. The number of hydrogen-bond donors (Lipinski definition) is 1. The minimum absolute atomic E-state index is 0.0105. The first kappa shape index (κ1) is 23.3. The quantitative estimate of drug-likeness (QED) is 0.460. The van der Waals surface area contributed by atoms with Crippen molar-refractivity contribution in [3.63, 3.8) is 0 Å². The van der Waals surface area contributed by atoms with Crippen LogP contribution in [0.5, 0.6) is 5.75 Å². The van der Waals surface area contributed by atoms with Gasteiger partial charge >= 0.3 is 0 Å². The van der Waals surface area contributed by atoms with E-state index in [-0.39, 0.29) is 29.2 Å². The summed E-state index contributed by atoms with van der Waals surface area (Å²) >= 11 is 0. The number of rotatable bonds is 4. The van der Waals surface area contributed by atoms with Gasteiger partial charge in [-0.3, -0.25) is 14.4 Å². The molecule has 9 nitrogen and oxygen atoms in total. The third-order valence-corrected chi connectivity index (χ3v) is 7.93.